The molecule has 0 aliphatic heterocycles. The Hall–Kier alpha value is -3.05. The van der Waals surface area contributed by atoms with Gasteiger partial charge >= 0.3 is 6.01 Å². The molecule has 5 nitrogen and oxygen atoms in total. The first kappa shape index (κ1) is 20.2. The first-order valence-electron chi connectivity index (χ1n) is 9.97. The minimum atomic E-state index is 0.514. The van der Waals surface area contributed by atoms with Gasteiger partial charge in [0.1, 0.15) is 23.0 Å². The van der Waals surface area contributed by atoms with Crippen LogP contribution >= 0.6 is 11.6 Å². The maximum atomic E-state index is 6.14. The highest BCUT2D eigenvalue weighted by molar-refractivity contribution is 6.30. The lowest BCUT2D eigenvalue weighted by Gasteiger charge is -2.09. The summed E-state index contributed by atoms with van der Waals surface area (Å²) in [4.78, 5) is 9.01. The van der Waals surface area contributed by atoms with Gasteiger partial charge in [-0.25, -0.2) is 4.98 Å². The molecule has 0 aliphatic rings. The molecule has 0 bridgehead atoms. The van der Waals surface area contributed by atoms with Gasteiger partial charge in [0.2, 0.25) is 0 Å². The van der Waals surface area contributed by atoms with Crippen molar-refractivity contribution in [1.82, 2.24) is 14.5 Å². The Labute approximate surface area is 181 Å². The van der Waals surface area contributed by atoms with Crippen molar-refractivity contribution in [3.63, 3.8) is 0 Å². The molecule has 0 N–H and O–H groups in total. The first-order valence-corrected chi connectivity index (χ1v) is 10.3. The Kier molecular flexibility index (Phi) is 5.91. The van der Waals surface area contributed by atoms with Gasteiger partial charge in [-0.05, 0) is 51.0 Å². The van der Waals surface area contributed by atoms with Crippen molar-refractivity contribution < 1.29 is 9.15 Å². The molecule has 0 saturated heterocycles. The molecule has 6 heteroatoms. The molecule has 30 heavy (non-hydrogen) atoms. The smallest absolute Gasteiger partial charge is 0.307 e. The van der Waals surface area contributed by atoms with Crippen molar-refractivity contribution in [2.45, 2.75) is 33.6 Å². The third-order valence-corrected chi connectivity index (χ3v) is 5.22. The molecule has 2 aromatic heterocycles. The third-order valence-electron chi connectivity index (χ3n) is 4.97. The van der Waals surface area contributed by atoms with Crippen LogP contribution in [0.15, 0.2) is 59.3 Å². The van der Waals surface area contributed by atoms with Crippen molar-refractivity contribution in [2.24, 2.45) is 0 Å². The molecule has 0 spiro atoms. The number of imidazole rings is 1. The van der Waals surface area contributed by atoms with Crippen LogP contribution < -0.4 is 4.74 Å². The highest BCUT2D eigenvalue weighted by Crippen LogP contribution is 2.28. The van der Waals surface area contributed by atoms with Crippen molar-refractivity contribution >= 4 is 11.6 Å². The van der Waals surface area contributed by atoms with E-state index in [-0.39, 0.29) is 0 Å². The number of hydrogen-bond acceptors (Lipinski definition) is 4. The van der Waals surface area contributed by atoms with E-state index in [0.29, 0.717) is 24.1 Å². The predicted molar refractivity (Wildman–Crippen MR) is 119 cm³/mol. The molecule has 0 unspecified atom stereocenters. The third kappa shape index (κ3) is 4.41. The lowest BCUT2D eigenvalue weighted by Crippen LogP contribution is -2.01. The van der Waals surface area contributed by atoms with E-state index in [4.69, 9.17) is 25.7 Å². The second kappa shape index (κ2) is 8.76. The number of benzene rings is 2. The molecule has 0 fully saturated rings. The Morgan fingerprint density at radius 2 is 1.87 bits per heavy atom. The number of ether oxygens (including phenoxy) is 1. The standard InChI is InChI=1S/C24H24ClN3O2/c1-16-6-11-21(17(2)15-16)29-14-4-5-22-23(19-7-9-20(25)10-8-19)27-24(30-22)28-13-12-26-18(28)3/h6-13,15H,4-5,14H2,1-3H3. The molecule has 2 heterocycles. The zero-order valence-electron chi connectivity index (χ0n) is 17.4. The molecule has 4 rings (SSSR count). The number of hydrogen-bond donors (Lipinski definition) is 0. The maximum Gasteiger partial charge on any atom is 0.307 e. The Bertz CT molecular complexity index is 1150. The summed E-state index contributed by atoms with van der Waals surface area (Å²) < 4.78 is 14.0. The van der Waals surface area contributed by atoms with Gasteiger partial charge in [0, 0.05) is 29.4 Å². The summed E-state index contributed by atoms with van der Waals surface area (Å²) in [7, 11) is 0. The van der Waals surface area contributed by atoms with Crippen molar-refractivity contribution in [2.75, 3.05) is 6.61 Å². The summed E-state index contributed by atoms with van der Waals surface area (Å²) in [5, 5.41) is 0.691. The van der Waals surface area contributed by atoms with Crippen LogP contribution in [0, 0.1) is 20.8 Å². The molecular formula is C24H24ClN3O2. The lowest BCUT2D eigenvalue weighted by molar-refractivity contribution is 0.304. The summed E-state index contributed by atoms with van der Waals surface area (Å²) >= 11 is 6.06. The van der Waals surface area contributed by atoms with Crippen LogP contribution in [0.3, 0.4) is 0 Å². The molecule has 4 aromatic rings. The Morgan fingerprint density at radius 1 is 1.07 bits per heavy atom. The quantitative estimate of drug-likeness (QED) is 0.337. The summed E-state index contributed by atoms with van der Waals surface area (Å²) in [5.41, 5.74) is 4.17. The topological polar surface area (TPSA) is 53.1 Å². The highest BCUT2D eigenvalue weighted by Gasteiger charge is 2.17. The molecule has 0 amide bonds. The van der Waals surface area contributed by atoms with Crippen molar-refractivity contribution in [3.8, 4) is 23.0 Å². The fourth-order valence-corrected chi connectivity index (χ4v) is 3.53. The number of rotatable bonds is 7. The normalized spacial score (nSPS) is 11.1. The predicted octanol–water partition coefficient (Wildman–Crippen LogP) is 6.12. The van der Waals surface area contributed by atoms with Gasteiger partial charge in [-0.15, -0.1) is 0 Å². The average Bonchev–Trinajstić information content (AvgIpc) is 3.33. The largest absolute Gasteiger partial charge is 0.493 e. The van der Waals surface area contributed by atoms with E-state index in [1.54, 1.807) is 6.20 Å². The average molecular weight is 422 g/mol. The van der Waals surface area contributed by atoms with Gasteiger partial charge in [-0.3, -0.25) is 4.57 Å². The molecular weight excluding hydrogens is 398 g/mol. The van der Waals surface area contributed by atoms with E-state index in [1.165, 1.54) is 5.56 Å². The molecule has 2 aromatic carbocycles. The van der Waals surface area contributed by atoms with Gasteiger partial charge in [0.05, 0.1) is 6.61 Å². The van der Waals surface area contributed by atoms with Crippen LogP contribution in [-0.2, 0) is 6.42 Å². The number of nitrogens with zero attached hydrogens (tertiary/aromatic N) is 3. The Morgan fingerprint density at radius 3 is 2.57 bits per heavy atom. The first-order chi connectivity index (χ1) is 14.5. The molecule has 0 saturated carbocycles. The number of aryl methyl sites for hydroxylation is 4. The second-order valence-corrected chi connectivity index (χ2v) is 7.78. The van der Waals surface area contributed by atoms with Crippen molar-refractivity contribution in [1.29, 1.82) is 0 Å². The van der Waals surface area contributed by atoms with Crippen LogP contribution in [0.1, 0.15) is 29.1 Å². The van der Waals surface area contributed by atoms with E-state index in [9.17, 15) is 0 Å². The zero-order chi connectivity index (χ0) is 21.1. The molecule has 0 radical (unpaired) electrons. The number of aromatic nitrogens is 3. The van der Waals surface area contributed by atoms with Gasteiger partial charge in [0.25, 0.3) is 0 Å². The monoisotopic (exact) mass is 421 g/mol. The van der Waals surface area contributed by atoms with E-state index >= 15 is 0 Å². The fourth-order valence-electron chi connectivity index (χ4n) is 3.40. The SMILES string of the molecule is Cc1ccc(OCCCc2oc(-n3ccnc3C)nc2-c2ccc(Cl)cc2)c(C)c1. The molecule has 154 valence electrons. The highest BCUT2D eigenvalue weighted by atomic mass is 35.5. The fraction of sp³-hybridized carbons (Fsp3) is 0.250. The summed E-state index contributed by atoms with van der Waals surface area (Å²) in [5.74, 6) is 2.57. The minimum absolute atomic E-state index is 0.514. The van der Waals surface area contributed by atoms with Gasteiger partial charge in [0.15, 0.2) is 0 Å². The van der Waals surface area contributed by atoms with E-state index in [0.717, 1.165) is 40.6 Å². The maximum absolute atomic E-state index is 6.14. The van der Waals surface area contributed by atoms with Gasteiger partial charge in [-0.1, -0.05) is 41.4 Å². The van der Waals surface area contributed by atoms with Gasteiger partial charge in [-0.2, -0.15) is 4.98 Å². The van der Waals surface area contributed by atoms with Crippen LogP contribution in [-0.4, -0.2) is 21.1 Å². The lowest BCUT2D eigenvalue weighted by atomic mass is 10.1. The van der Waals surface area contributed by atoms with Crippen LogP contribution in [0.25, 0.3) is 17.3 Å². The van der Waals surface area contributed by atoms with Gasteiger partial charge < -0.3 is 9.15 Å². The zero-order valence-corrected chi connectivity index (χ0v) is 18.1. The Balaban J connectivity index is 1.53. The summed E-state index contributed by atoms with van der Waals surface area (Å²) in [6.45, 7) is 6.67. The minimum Gasteiger partial charge on any atom is -0.493 e. The van der Waals surface area contributed by atoms with Crippen LogP contribution in [0.4, 0.5) is 0 Å². The summed E-state index contributed by atoms with van der Waals surface area (Å²) in [6.07, 6.45) is 5.11. The van der Waals surface area contributed by atoms with Crippen LogP contribution in [0.5, 0.6) is 5.75 Å². The summed E-state index contributed by atoms with van der Waals surface area (Å²) in [6, 6.07) is 14.4. The van der Waals surface area contributed by atoms with E-state index in [1.807, 2.05) is 48.0 Å². The van der Waals surface area contributed by atoms with Crippen LogP contribution in [0.2, 0.25) is 5.02 Å². The van der Waals surface area contributed by atoms with E-state index in [2.05, 4.69) is 31.0 Å². The van der Waals surface area contributed by atoms with E-state index < -0.39 is 0 Å². The second-order valence-electron chi connectivity index (χ2n) is 7.34. The molecule has 0 atom stereocenters. The molecule has 0 aliphatic carbocycles. The number of halogens is 1. The van der Waals surface area contributed by atoms with Crippen molar-refractivity contribution in [3.05, 3.63) is 82.6 Å². The number of oxazole rings is 1.